The molecule has 1 atom stereocenters. The average Bonchev–Trinajstić information content (AvgIpc) is 3.13. The zero-order valence-corrected chi connectivity index (χ0v) is 18.8. The quantitative estimate of drug-likeness (QED) is 0.709. The number of nitrogens with zero attached hydrogens (tertiary/aromatic N) is 3. The zero-order chi connectivity index (χ0) is 21.2. The zero-order valence-electron chi connectivity index (χ0n) is 17.3. The Labute approximate surface area is 182 Å². The summed E-state index contributed by atoms with van der Waals surface area (Å²) in [6.07, 6.45) is 1.13. The second-order valence-corrected chi connectivity index (χ2v) is 9.50. The Morgan fingerprint density at radius 2 is 1.76 bits per heavy atom. The standard InChI is InChI=1S/C21H29Cl2N3O3/c1-21(2,3)29-20(28)26-8-4-5-18(26)19(27)25-11-9-24(10-12-25)14-15-6-7-16(22)17(23)13-15/h6-7,13,18H,4-5,8-12,14H2,1-3H3/t18-/m1/s1. The van der Waals surface area contributed by atoms with E-state index in [1.54, 1.807) is 4.90 Å². The summed E-state index contributed by atoms with van der Waals surface area (Å²) in [5.41, 5.74) is 0.537. The lowest BCUT2D eigenvalue weighted by Gasteiger charge is -2.37. The number of ether oxygens (including phenoxy) is 1. The van der Waals surface area contributed by atoms with Gasteiger partial charge in [-0.2, -0.15) is 0 Å². The van der Waals surface area contributed by atoms with Gasteiger partial charge in [0.1, 0.15) is 11.6 Å². The van der Waals surface area contributed by atoms with Crippen molar-refractivity contribution < 1.29 is 14.3 Å². The van der Waals surface area contributed by atoms with Crippen molar-refractivity contribution in [3.8, 4) is 0 Å². The predicted octanol–water partition coefficient (Wildman–Crippen LogP) is 4.04. The van der Waals surface area contributed by atoms with E-state index in [9.17, 15) is 9.59 Å². The van der Waals surface area contributed by atoms with Crippen molar-refractivity contribution in [2.75, 3.05) is 32.7 Å². The number of piperazine rings is 1. The van der Waals surface area contributed by atoms with Crippen LogP contribution in [0.1, 0.15) is 39.2 Å². The minimum atomic E-state index is -0.566. The first kappa shape index (κ1) is 22.2. The van der Waals surface area contributed by atoms with Gasteiger partial charge in [0, 0.05) is 39.3 Å². The monoisotopic (exact) mass is 441 g/mol. The van der Waals surface area contributed by atoms with E-state index in [1.165, 1.54) is 0 Å². The number of hydrogen-bond acceptors (Lipinski definition) is 4. The molecule has 2 aliphatic heterocycles. The van der Waals surface area contributed by atoms with Gasteiger partial charge in [-0.15, -0.1) is 0 Å². The van der Waals surface area contributed by atoms with Crippen molar-refractivity contribution in [2.24, 2.45) is 0 Å². The van der Waals surface area contributed by atoms with Gasteiger partial charge in [0.15, 0.2) is 0 Å². The van der Waals surface area contributed by atoms with Gasteiger partial charge in [0.05, 0.1) is 10.0 Å². The number of halogens is 2. The summed E-state index contributed by atoms with van der Waals surface area (Å²) in [6, 6.07) is 5.26. The largest absolute Gasteiger partial charge is 0.444 e. The number of likely N-dealkylation sites (tertiary alicyclic amines) is 1. The Morgan fingerprint density at radius 3 is 2.38 bits per heavy atom. The Kier molecular flexibility index (Phi) is 6.97. The molecule has 6 nitrogen and oxygen atoms in total. The van der Waals surface area contributed by atoms with Crippen LogP contribution in [0.25, 0.3) is 0 Å². The normalized spacial score (nSPS) is 20.8. The van der Waals surface area contributed by atoms with Crippen molar-refractivity contribution in [2.45, 2.75) is 51.8 Å². The summed E-state index contributed by atoms with van der Waals surface area (Å²) in [5, 5.41) is 1.11. The van der Waals surface area contributed by atoms with Gasteiger partial charge in [0.25, 0.3) is 0 Å². The van der Waals surface area contributed by atoms with Crippen LogP contribution < -0.4 is 0 Å². The van der Waals surface area contributed by atoms with Crippen LogP contribution >= 0.6 is 23.2 Å². The lowest BCUT2D eigenvalue weighted by Crippen LogP contribution is -2.54. The molecule has 0 aliphatic carbocycles. The fraction of sp³-hybridized carbons (Fsp3) is 0.619. The Balaban J connectivity index is 1.53. The molecule has 0 aromatic heterocycles. The number of carbonyl (C=O) groups excluding carboxylic acids is 2. The molecule has 1 aromatic rings. The van der Waals surface area contributed by atoms with Crippen LogP contribution in [-0.4, -0.2) is 71.1 Å². The molecule has 2 fully saturated rings. The van der Waals surface area contributed by atoms with Crippen molar-refractivity contribution >= 4 is 35.2 Å². The van der Waals surface area contributed by atoms with Crippen LogP contribution in [0.4, 0.5) is 4.79 Å². The molecule has 3 rings (SSSR count). The molecule has 29 heavy (non-hydrogen) atoms. The van der Waals surface area contributed by atoms with Crippen molar-refractivity contribution in [1.29, 1.82) is 0 Å². The van der Waals surface area contributed by atoms with Crippen molar-refractivity contribution in [3.05, 3.63) is 33.8 Å². The lowest BCUT2D eigenvalue weighted by molar-refractivity contribution is -0.137. The number of benzene rings is 1. The highest BCUT2D eigenvalue weighted by Crippen LogP contribution is 2.25. The molecule has 0 bridgehead atoms. The molecule has 2 saturated heterocycles. The molecule has 0 unspecified atom stereocenters. The molecular formula is C21H29Cl2N3O3. The summed E-state index contributed by atoms with van der Waals surface area (Å²) >= 11 is 12.1. The summed E-state index contributed by atoms with van der Waals surface area (Å²) in [5.74, 6) is 0.0301. The molecule has 2 amide bonds. The van der Waals surface area contributed by atoms with E-state index >= 15 is 0 Å². The second kappa shape index (κ2) is 9.11. The summed E-state index contributed by atoms with van der Waals surface area (Å²) in [6.45, 7) is 9.73. The highest BCUT2D eigenvalue weighted by molar-refractivity contribution is 6.42. The lowest BCUT2D eigenvalue weighted by atomic mass is 10.1. The van der Waals surface area contributed by atoms with Crippen LogP contribution in [0, 0.1) is 0 Å². The first-order valence-corrected chi connectivity index (χ1v) is 10.8. The fourth-order valence-corrected chi connectivity index (χ4v) is 4.12. The van der Waals surface area contributed by atoms with Crippen LogP contribution in [0.2, 0.25) is 10.0 Å². The van der Waals surface area contributed by atoms with E-state index in [2.05, 4.69) is 4.90 Å². The highest BCUT2D eigenvalue weighted by Gasteiger charge is 2.39. The smallest absolute Gasteiger partial charge is 0.410 e. The summed E-state index contributed by atoms with van der Waals surface area (Å²) < 4.78 is 5.48. The van der Waals surface area contributed by atoms with E-state index in [1.807, 2.05) is 43.9 Å². The van der Waals surface area contributed by atoms with Gasteiger partial charge in [-0.25, -0.2) is 4.79 Å². The average molecular weight is 442 g/mol. The molecule has 0 spiro atoms. The van der Waals surface area contributed by atoms with E-state index in [4.69, 9.17) is 27.9 Å². The molecule has 1 aromatic carbocycles. The van der Waals surface area contributed by atoms with Crippen LogP contribution in [-0.2, 0) is 16.1 Å². The van der Waals surface area contributed by atoms with Crippen LogP contribution in [0.15, 0.2) is 18.2 Å². The maximum atomic E-state index is 13.1. The van der Waals surface area contributed by atoms with Crippen LogP contribution in [0.5, 0.6) is 0 Å². The third-order valence-electron chi connectivity index (χ3n) is 5.24. The molecule has 2 aliphatic rings. The first-order chi connectivity index (χ1) is 13.6. The fourth-order valence-electron chi connectivity index (χ4n) is 3.80. The van der Waals surface area contributed by atoms with E-state index < -0.39 is 17.7 Å². The van der Waals surface area contributed by atoms with Gasteiger partial charge in [0.2, 0.25) is 5.91 Å². The van der Waals surface area contributed by atoms with Gasteiger partial charge in [-0.1, -0.05) is 29.3 Å². The third kappa shape index (κ3) is 5.77. The minimum absolute atomic E-state index is 0.0301. The second-order valence-electron chi connectivity index (χ2n) is 8.68. The van der Waals surface area contributed by atoms with Gasteiger partial charge in [-0.05, 0) is 51.3 Å². The molecule has 8 heteroatoms. The minimum Gasteiger partial charge on any atom is -0.444 e. The predicted molar refractivity (Wildman–Crippen MR) is 114 cm³/mol. The maximum Gasteiger partial charge on any atom is 0.410 e. The van der Waals surface area contributed by atoms with E-state index in [0.29, 0.717) is 36.1 Å². The molecule has 2 heterocycles. The molecule has 0 N–H and O–H groups in total. The van der Waals surface area contributed by atoms with Gasteiger partial charge < -0.3 is 9.64 Å². The maximum absolute atomic E-state index is 13.1. The SMILES string of the molecule is CC(C)(C)OC(=O)N1CCC[C@@H]1C(=O)N1CCN(Cc2ccc(Cl)c(Cl)c2)CC1. The topological polar surface area (TPSA) is 53.1 Å². The summed E-state index contributed by atoms with van der Waals surface area (Å²) in [4.78, 5) is 31.3. The summed E-state index contributed by atoms with van der Waals surface area (Å²) in [7, 11) is 0. The van der Waals surface area contributed by atoms with Crippen LogP contribution in [0.3, 0.4) is 0 Å². The van der Waals surface area contributed by atoms with E-state index in [-0.39, 0.29) is 5.91 Å². The third-order valence-corrected chi connectivity index (χ3v) is 5.98. The van der Waals surface area contributed by atoms with Gasteiger partial charge in [-0.3, -0.25) is 14.6 Å². The molecule has 0 saturated carbocycles. The Hall–Kier alpha value is -1.50. The van der Waals surface area contributed by atoms with E-state index in [0.717, 1.165) is 31.6 Å². The van der Waals surface area contributed by atoms with Gasteiger partial charge >= 0.3 is 6.09 Å². The molecule has 160 valence electrons. The Morgan fingerprint density at radius 1 is 1.07 bits per heavy atom. The number of carbonyl (C=O) groups is 2. The number of hydrogen-bond donors (Lipinski definition) is 0. The first-order valence-electron chi connectivity index (χ1n) is 10.1. The Bertz CT molecular complexity index is 758. The highest BCUT2D eigenvalue weighted by atomic mass is 35.5. The van der Waals surface area contributed by atoms with Crippen molar-refractivity contribution in [1.82, 2.24) is 14.7 Å². The number of amides is 2. The number of rotatable bonds is 3. The molecular weight excluding hydrogens is 413 g/mol. The van der Waals surface area contributed by atoms with Crippen molar-refractivity contribution in [3.63, 3.8) is 0 Å². The molecule has 0 radical (unpaired) electrons.